The molecule has 2 rings (SSSR count). The molecule has 0 saturated carbocycles. The number of halogens is 3. The van der Waals surface area contributed by atoms with Crippen molar-refractivity contribution in [2.45, 2.75) is 13.0 Å². The summed E-state index contributed by atoms with van der Waals surface area (Å²) in [5, 5.41) is 10.2. The molecular formula is C12H9Br2FOS. The summed E-state index contributed by atoms with van der Waals surface area (Å²) >= 11 is 8.15. The lowest BCUT2D eigenvalue weighted by molar-refractivity contribution is 0.219. The molecule has 0 bridgehead atoms. The molecule has 0 aliphatic heterocycles. The topological polar surface area (TPSA) is 20.2 Å². The monoisotopic (exact) mass is 378 g/mol. The Morgan fingerprint density at radius 1 is 1.24 bits per heavy atom. The van der Waals surface area contributed by atoms with E-state index in [1.54, 1.807) is 17.4 Å². The lowest BCUT2D eigenvalue weighted by Gasteiger charge is -2.11. The molecule has 1 atom stereocenters. The van der Waals surface area contributed by atoms with Gasteiger partial charge in [-0.2, -0.15) is 0 Å². The average Bonchev–Trinajstić information content (AvgIpc) is 2.55. The fourth-order valence-corrected chi connectivity index (χ4v) is 3.87. The van der Waals surface area contributed by atoms with Gasteiger partial charge >= 0.3 is 0 Å². The highest BCUT2D eigenvalue weighted by atomic mass is 79.9. The van der Waals surface area contributed by atoms with Crippen LogP contribution in [0.1, 0.15) is 22.1 Å². The van der Waals surface area contributed by atoms with Gasteiger partial charge in [-0.3, -0.25) is 0 Å². The molecule has 1 N–H and O–H groups in total. The van der Waals surface area contributed by atoms with E-state index in [2.05, 4.69) is 31.9 Å². The molecule has 0 spiro atoms. The molecule has 5 heteroatoms. The van der Waals surface area contributed by atoms with Gasteiger partial charge in [-0.05, 0) is 58.2 Å². The molecule has 1 aromatic heterocycles. The van der Waals surface area contributed by atoms with Gasteiger partial charge in [-0.25, -0.2) is 4.39 Å². The van der Waals surface area contributed by atoms with E-state index in [0.29, 0.717) is 10.0 Å². The predicted octanol–water partition coefficient (Wildman–Crippen LogP) is 4.80. The van der Waals surface area contributed by atoms with Gasteiger partial charge in [0.2, 0.25) is 0 Å². The molecule has 1 heterocycles. The van der Waals surface area contributed by atoms with Crippen LogP contribution in [0.2, 0.25) is 0 Å². The summed E-state index contributed by atoms with van der Waals surface area (Å²) in [6.45, 7) is 1.93. The minimum absolute atomic E-state index is 0.361. The highest BCUT2D eigenvalue weighted by Crippen LogP contribution is 2.34. The molecule has 1 unspecified atom stereocenters. The second-order valence-corrected chi connectivity index (χ2v) is 7.22. The zero-order valence-corrected chi connectivity index (χ0v) is 12.9. The SMILES string of the molecule is Cc1sc(Br)cc1C(O)c1cc(F)cc(Br)c1. The Balaban J connectivity index is 2.43. The number of rotatable bonds is 2. The molecule has 0 aliphatic carbocycles. The number of benzene rings is 1. The van der Waals surface area contributed by atoms with Crippen molar-refractivity contribution in [1.82, 2.24) is 0 Å². The van der Waals surface area contributed by atoms with Crippen LogP contribution in [0, 0.1) is 12.7 Å². The van der Waals surface area contributed by atoms with Crippen molar-refractivity contribution < 1.29 is 9.50 Å². The van der Waals surface area contributed by atoms with Crippen LogP contribution in [0.15, 0.2) is 32.5 Å². The Kier molecular flexibility index (Phi) is 4.02. The average molecular weight is 380 g/mol. The number of thiophene rings is 1. The zero-order chi connectivity index (χ0) is 12.6. The Bertz CT molecular complexity index is 533. The van der Waals surface area contributed by atoms with Gasteiger partial charge in [0.05, 0.1) is 3.79 Å². The van der Waals surface area contributed by atoms with Gasteiger partial charge < -0.3 is 5.11 Å². The smallest absolute Gasteiger partial charge is 0.124 e. The molecule has 2 aromatic rings. The maximum atomic E-state index is 13.3. The van der Waals surface area contributed by atoms with Gasteiger partial charge in [0.15, 0.2) is 0 Å². The minimum Gasteiger partial charge on any atom is -0.384 e. The molecule has 17 heavy (non-hydrogen) atoms. The number of hydrogen-bond acceptors (Lipinski definition) is 2. The maximum absolute atomic E-state index is 13.3. The summed E-state index contributed by atoms with van der Waals surface area (Å²) in [4.78, 5) is 1.02. The van der Waals surface area contributed by atoms with E-state index >= 15 is 0 Å². The molecule has 0 saturated heterocycles. The lowest BCUT2D eigenvalue weighted by atomic mass is 10.0. The van der Waals surface area contributed by atoms with Crippen molar-refractivity contribution in [2.75, 3.05) is 0 Å². The molecular weight excluding hydrogens is 371 g/mol. The van der Waals surface area contributed by atoms with Crippen molar-refractivity contribution in [1.29, 1.82) is 0 Å². The molecule has 90 valence electrons. The van der Waals surface area contributed by atoms with E-state index in [1.807, 2.05) is 13.0 Å². The minimum atomic E-state index is -0.801. The first-order valence-corrected chi connectivity index (χ1v) is 7.27. The first-order valence-electron chi connectivity index (χ1n) is 4.87. The molecule has 0 fully saturated rings. The van der Waals surface area contributed by atoms with Crippen LogP contribution in [0.3, 0.4) is 0 Å². The van der Waals surface area contributed by atoms with Crippen molar-refractivity contribution in [3.8, 4) is 0 Å². The van der Waals surface area contributed by atoms with E-state index in [4.69, 9.17) is 0 Å². The van der Waals surface area contributed by atoms with E-state index in [9.17, 15) is 9.50 Å². The molecule has 0 radical (unpaired) electrons. The van der Waals surface area contributed by atoms with E-state index in [0.717, 1.165) is 14.2 Å². The highest BCUT2D eigenvalue weighted by Gasteiger charge is 2.16. The van der Waals surface area contributed by atoms with E-state index in [1.165, 1.54) is 12.1 Å². The third-order valence-corrected chi connectivity index (χ3v) is 4.45. The fraction of sp³-hybridized carbons (Fsp3) is 0.167. The van der Waals surface area contributed by atoms with Crippen LogP contribution in [0.25, 0.3) is 0 Å². The Labute approximate surface area is 120 Å². The first kappa shape index (κ1) is 13.2. The fourth-order valence-electron chi connectivity index (χ4n) is 1.64. The van der Waals surface area contributed by atoms with Crippen LogP contribution in [-0.2, 0) is 0 Å². The first-order chi connectivity index (χ1) is 7.97. The summed E-state index contributed by atoms with van der Waals surface area (Å²) in [7, 11) is 0. The summed E-state index contributed by atoms with van der Waals surface area (Å²) < 4.78 is 14.8. The van der Waals surface area contributed by atoms with Gasteiger partial charge in [-0.15, -0.1) is 11.3 Å². The molecule has 0 amide bonds. The third-order valence-electron chi connectivity index (χ3n) is 2.42. The van der Waals surface area contributed by atoms with Gasteiger partial charge in [0, 0.05) is 9.35 Å². The lowest BCUT2D eigenvalue weighted by Crippen LogP contribution is -2.00. The summed E-state index contributed by atoms with van der Waals surface area (Å²) in [6.07, 6.45) is -0.801. The second-order valence-electron chi connectivity index (χ2n) is 3.67. The van der Waals surface area contributed by atoms with Crippen LogP contribution in [0.4, 0.5) is 4.39 Å². The van der Waals surface area contributed by atoms with E-state index < -0.39 is 6.10 Å². The Morgan fingerprint density at radius 2 is 1.94 bits per heavy atom. The normalized spacial score (nSPS) is 12.8. The van der Waals surface area contributed by atoms with Crippen LogP contribution < -0.4 is 0 Å². The number of hydrogen-bond donors (Lipinski definition) is 1. The largest absolute Gasteiger partial charge is 0.384 e. The summed E-state index contributed by atoms with van der Waals surface area (Å²) in [5.41, 5.74) is 1.35. The second kappa shape index (κ2) is 5.18. The number of aliphatic hydroxyl groups excluding tert-OH is 1. The van der Waals surface area contributed by atoms with Crippen molar-refractivity contribution >= 4 is 43.2 Å². The van der Waals surface area contributed by atoms with Crippen LogP contribution in [-0.4, -0.2) is 5.11 Å². The maximum Gasteiger partial charge on any atom is 0.124 e. The predicted molar refractivity (Wildman–Crippen MR) is 74.9 cm³/mol. The quantitative estimate of drug-likeness (QED) is 0.794. The van der Waals surface area contributed by atoms with Gasteiger partial charge in [0.1, 0.15) is 11.9 Å². The highest BCUT2D eigenvalue weighted by molar-refractivity contribution is 9.11. The summed E-state index contributed by atoms with van der Waals surface area (Å²) in [6, 6.07) is 6.30. The van der Waals surface area contributed by atoms with Crippen molar-refractivity contribution in [3.63, 3.8) is 0 Å². The number of aliphatic hydroxyl groups is 1. The third kappa shape index (κ3) is 2.96. The van der Waals surface area contributed by atoms with Gasteiger partial charge in [0.25, 0.3) is 0 Å². The standard InChI is InChI=1S/C12H9Br2FOS/c1-6-10(5-11(14)17-6)12(16)7-2-8(13)4-9(15)3-7/h2-5,12,16H,1H3. The number of aryl methyl sites for hydroxylation is 1. The van der Waals surface area contributed by atoms with Gasteiger partial charge in [-0.1, -0.05) is 15.9 Å². The molecule has 0 aliphatic rings. The summed E-state index contributed by atoms with van der Waals surface area (Å²) in [5.74, 6) is -0.361. The van der Waals surface area contributed by atoms with Crippen molar-refractivity contribution in [3.05, 3.63) is 54.3 Å². The Hall–Kier alpha value is -0.230. The Morgan fingerprint density at radius 3 is 2.47 bits per heavy atom. The zero-order valence-electron chi connectivity index (χ0n) is 8.88. The molecule has 1 aromatic carbocycles. The van der Waals surface area contributed by atoms with Crippen LogP contribution in [0.5, 0.6) is 0 Å². The van der Waals surface area contributed by atoms with Crippen LogP contribution >= 0.6 is 43.2 Å². The van der Waals surface area contributed by atoms with Crippen molar-refractivity contribution in [2.24, 2.45) is 0 Å². The molecule has 1 nitrogen and oxygen atoms in total. The van der Waals surface area contributed by atoms with E-state index in [-0.39, 0.29) is 5.82 Å².